The van der Waals surface area contributed by atoms with Crippen molar-refractivity contribution in [3.63, 3.8) is 0 Å². The predicted octanol–water partition coefficient (Wildman–Crippen LogP) is 1.83. The number of anilines is 1. The first-order chi connectivity index (χ1) is 8.45. The van der Waals surface area contributed by atoms with Crippen molar-refractivity contribution in [1.82, 2.24) is 4.57 Å². The number of hydrogen-bond acceptors (Lipinski definition) is 3. The van der Waals surface area contributed by atoms with Gasteiger partial charge in [-0.15, -0.1) is 0 Å². The molecule has 4 heteroatoms. The number of aryl methyl sites for hydroxylation is 1. The monoisotopic (exact) mass is 250 g/mol. The molecule has 2 rings (SSSR count). The van der Waals surface area contributed by atoms with Gasteiger partial charge in [-0.25, -0.2) is 0 Å². The van der Waals surface area contributed by atoms with Gasteiger partial charge in [0.2, 0.25) is 0 Å². The molecule has 0 spiro atoms. The van der Waals surface area contributed by atoms with E-state index in [1.54, 1.807) is 10.6 Å². The van der Waals surface area contributed by atoms with Gasteiger partial charge in [-0.2, -0.15) is 0 Å². The van der Waals surface area contributed by atoms with Crippen molar-refractivity contribution in [3.05, 3.63) is 28.7 Å². The molecule has 2 atom stereocenters. The maximum Gasteiger partial charge on any atom is 0.250 e. The molecule has 1 saturated carbocycles. The maximum atomic E-state index is 11.6. The summed E-state index contributed by atoms with van der Waals surface area (Å²) in [4.78, 5) is 11.6. The molecule has 4 nitrogen and oxygen atoms in total. The summed E-state index contributed by atoms with van der Waals surface area (Å²) in [5.41, 5.74) is 0.884. The van der Waals surface area contributed by atoms with E-state index in [0.717, 1.165) is 25.1 Å². The molecule has 0 aromatic carbocycles. The van der Waals surface area contributed by atoms with Crippen molar-refractivity contribution >= 4 is 5.69 Å². The number of aliphatic hydroxyl groups excluding tert-OH is 1. The molecule has 0 aliphatic heterocycles. The zero-order chi connectivity index (χ0) is 13.3. The van der Waals surface area contributed by atoms with Crippen LogP contribution in [0.5, 0.6) is 0 Å². The number of pyridine rings is 1. The van der Waals surface area contributed by atoms with Gasteiger partial charge in [-0.1, -0.05) is 20.8 Å². The molecule has 0 bridgehead atoms. The van der Waals surface area contributed by atoms with Crippen LogP contribution in [0.3, 0.4) is 0 Å². The molecule has 0 amide bonds. The van der Waals surface area contributed by atoms with E-state index < -0.39 is 0 Å². The molecule has 100 valence electrons. The van der Waals surface area contributed by atoms with Gasteiger partial charge in [0.05, 0.1) is 11.8 Å². The molecule has 1 fully saturated rings. The molecule has 1 aromatic rings. The fourth-order valence-corrected chi connectivity index (χ4v) is 2.38. The molecule has 0 saturated heterocycles. The van der Waals surface area contributed by atoms with E-state index in [-0.39, 0.29) is 23.1 Å². The Kier molecular flexibility index (Phi) is 3.48. The molecule has 1 heterocycles. The van der Waals surface area contributed by atoms with E-state index in [9.17, 15) is 9.90 Å². The van der Waals surface area contributed by atoms with Crippen LogP contribution in [-0.4, -0.2) is 21.8 Å². The second kappa shape index (κ2) is 4.76. The number of aromatic nitrogens is 1. The lowest BCUT2D eigenvalue weighted by molar-refractivity contribution is -0.0510. The van der Waals surface area contributed by atoms with Crippen molar-refractivity contribution in [2.75, 3.05) is 5.32 Å². The highest BCUT2D eigenvalue weighted by Gasteiger charge is 2.47. The Morgan fingerprint density at radius 2 is 2.22 bits per heavy atom. The molecule has 1 aliphatic carbocycles. The Balaban J connectivity index is 2.11. The number of rotatable bonds is 4. The summed E-state index contributed by atoms with van der Waals surface area (Å²) in [6.45, 7) is 6.91. The lowest BCUT2D eigenvalue weighted by Crippen LogP contribution is -2.56. The topological polar surface area (TPSA) is 54.3 Å². The molecule has 18 heavy (non-hydrogen) atoms. The third kappa shape index (κ3) is 2.29. The van der Waals surface area contributed by atoms with Crippen LogP contribution in [0.2, 0.25) is 0 Å². The number of aliphatic hydroxyl groups is 1. The van der Waals surface area contributed by atoms with Gasteiger partial charge in [0.1, 0.15) is 0 Å². The third-order valence-electron chi connectivity index (χ3n) is 4.00. The number of hydrogen-bond donors (Lipinski definition) is 2. The lowest BCUT2D eigenvalue weighted by atomic mass is 9.64. The molecule has 0 radical (unpaired) electrons. The van der Waals surface area contributed by atoms with Gasteiger partial charge >= 0.3 is 0 Å². The molecule has 1 aliphatic rings. The number of nitrogens with one attached hydrogen (secondary N) is 1. The smallest absolute Gasteiger partial charge is 0.250 e. The summed E-state index contributed by atoms with van der Waals surface area (Å²) in [5, 5.41) is 13.1. The van der Waals surface area contributed by atoms with Crippen LogP contribution in [0.15, 0.2) is 23.1 Å². The average Bonchev–Trinajstić information content (AvgIpc) is 2.33. The van der Waals surface area contributed by atoms with Gasteiger partial charge in [-0.05, 0) is 18.9 Å². The van der Waals surface area contributed by atoms with Gasteiger partial charge in [-0.3, -0.25) is 4.79 Å². The predicted molar refractivity (Wildman–Crippen MR) is 72.8 cm³/mol. The average molecular weight is 250 g/mol. The van der Waals surface area contributed by atoms with E-state index in [4.69, 9.17) is 0 Å². The van der Waals surface area contributed by atoms with Crippen LogP contribution in [0.1, 0.15) is 33.6 Å². The molecule has 2 N–H and O–H groups in total. The maximum absolute atomic E-state index is 11.6. The zero-order valence-corrected chi connectivity index (χ0v) is 11.3. The van der Waals surface area contributed by atoms with E-state index >= 15 is 0 Å². The second-order valence-corrected chi connectivity index (χ2v) is 5.72. The highest BCUT2D eigenvalue weighted by atomic mass is 16.3. The Bertz CT molecular complexity index is 479. The van der Waals surface area contributed by atoms with Crippen LogP contribution in [0.25, 0.3) is 0 Å². The summed E-state index contributed by atoms with van der Waals surface area (Å²) in [7, 11) is 0. The van der Waals surface area contributed by atoms with Crippen LogP contribution in [0, 0.1) is 5.41 Å². The van der Waals surface area contributed by atoms with Crippen LogP contribution in [0.4, 0.5) is 5.69 Å². The first kappa shape index (κ1) is 13.1. The zero-order valence-electron chi connectivity index (χ0n) is 11.3. The minimum absolute atomic E-state index is 0.0373. The Labute approximate surface area is 108 Å². The second-order valence-electron chi connectivity index (χ2n) is 5.72. The van der Waals surface area contributed by atoms with E-state index in [2.05, 4.69) is 26.1 Å². The highest BCUT2D eigenvalue weighted by molar-refractivity contribution is 5.43. The molecule has 2 unspecified atom stereocenters. The molecule has 1 aromatic heterocycles. The quantitative estimate of drug-likeness (QED) is 0.857. The lowest BCUT2D eigenvalue weighted by Gasteiger charge is -2.49. The fourth-order valence-electron chi connectivity index (χ4n) is 2.38. The fraction of sp³-hybridized carbons (Fsp3) is 0.643. The summed E-state index contributed by atoms with van der Waals surface area (Å²) in [6.07, 6.45) is 3.33. The Morgan fingerprint density at radius 1 is 1.50 bits per heavy atom. The SMILES string of the molecule is CCCn1cc(NC2CC(O)C2(C)C)ccc1=O. The minimum atomic E-state index is -0.239. The Morgan fingerprint density at radius 3 is 2.78 bits per heavy atom. The third-order valence-corrected chi connectivity index (χ3v) is 4.00. The van der Waals surface area contributed by atoms with Crippen LogP contribution in [-0.2, 0) is 6.54 Å². The van der Waals surface area contributed by atoms with Crippen molar-refractivity contribution in [1.29, 1.82) is 0 Å². The normalized spacial score (nSPS) is 25.6. The van der Waals surface area contributed by atoms with Gasteiger partial charge in [0.15, 0.2) is 0 Å². The standard InChI is InChI=1S/C14H22N2O2/c1-4-7-16-9-10(5-6-13(16)18)15-11-8-12(17)14(11,2)3/h5-6,9,11-12,15,17H,4,7-8H2,1-3H3. The van der Waals surface area contributed by atoms with Crippen molar-refractivity contribution in [2.45, 2.75) is 52.3 Å². The minimum Gasteiger partial charge on any atom is -0.392 e. The molecular formula is C14H22N2O2. The van der Waals surface area contributed by atoms with Crippen molar-refractivity contribution in [2.24, 2.45) is 5.41 Å². The van der Waals surface area contributed by atoms with E-state index in [0.29, 0.717) is 0 Å². The summed E-state index contributed by atoms with van der Waals surface area (Å²) in [6, 6.07) is 3.68. The van der Waals surface area contributed by atoms with Crippen molar-refractivity contribution in [3.8, 4) is 0 Å². The van der Waals surface area contributed by atoms with Crippen LogP contribution < -0.4 is 10.9 Å². The van der Waals surface area contributed by atoms with Gasteiger partial charge < -0.3 is 15.0 Å². The van der Waals surface area contributed by atoms with Crippen molar-refractivity contribution < 1.29 is 5.11 Å². The summed E-state index contributed by atoms with van der Waals surface area (Å²) < 4.78 is 1.73. The van der Waals surface area contributed by atoms with Gasteiger partial charge in [0, 0.05) is 30.3 Å². The summed E-state index contributed by atoms with van der Waals surface area (Å²) >= 11 is 0. The van der Waals surface area contributed by atoms with Gasteiger partial charge in [0.25, 0.3) is 5.56 Å². The first-order valence-electron chi connectivity index (χ1n) is 6.60. The van der Waals surface area contributed by atoms with Crippen LogP contribution >= 0.6 is 0 Å². The van der Waals surface area contributed by atoms with E-state index in [1.807, 2.05) is 12.3 Å². The highest BCUT2D eigenvalue weighted by Crippen LogP contribution is 2.42. The molecular weight excluding hydrogens is 228 g/mol. The number of nitrogens with zero attached hydrogens (tertiary/aromatic N) is 1. The van der Waals surface area contributed by atoms with E-state index in [1.165, 1.54) is 0 Å². The Hall–Kier alpha value is -1.29. The first-order valence-corrected chi connectivity index (χ1v) is 6.60. The summed E-state index contributed by atoms with van der Waals surface area (Å²) in [5.74, 6) is 0. The largest absolute Gasteiger partial charge is 0.392 e.